The summed E-state index contributed by atoms with van der Waals surface area (Å²) in [5, 5.41) is 0. The van der Waals surface area contributed by atoms with Crippen LogP contribution in [0.5, 0.6) is 0 Å². The summed E-state index contributed by atoms with van der Waals surface area (Å²) in [7, 11) is 0. The molecule has 2 aromatic rings. The van der Waals surface area contributed by atoms with E-state index in [9.17, 15) is 17.6 Å². The summed E-state index contributed by atoms with van der Waals surface area (Å²) in [6.45, 7) is 0. The molecule has 1 aliphatic carbocycles. The van der Waals surface area contributed by atoms with Gasteiger partial charge in [-0.15, -0.1) is 12.4 Å². The smallest absolute Gasteiger partial charge is 0.327 e. The quantitative estimate of drug-likeness (QED) is 0.839. The van der Waals surface area contributed by atoms with Crippen LogP contribution in [0.2, 0.25) is 0 Å². The Morgan fingerprint density at radius 2 is 1.82 bits per heavy atom. The molecule has 0 radical (unpaired) electrons. The highest BCUT2D eigenvalue weighted by molar-refractivity contribution is 5.85. The van der Waals surface area contributed by atoms with Gasteiger partial charge >= 0.3 is 6.18 Å². The zero-order chi connectivity index (χ0) is 15.2. The number of rotatable bonds is 2. The largest absolute Gasteiger partial charge is 0.419 e. The average Bonchev–Trinajstić information content (AvgIpc) is 3.15. The number of alkyl halides is 3. The Hall–Kier alpha value is -1.66. The van der Waals surface area contributed by atoms with Crippen molar-refractivity contribution >= 4 is 12.4 Å². The fraction of sp³-hybridized carbons (Fsp3) is 0.267. The van der Waals surface area contributed by atoms with Crippen molar-refractivity contribution < 1.29 is 17.6 Å². The zero-order valence-corrected chi connectivity index (χ0v) is 12.1. The van der Waals surface area contributed by atoms with Gasteiger partial charge in [0.2, 0.25) is 0 Å². The molecule has 118 valence electrons. The summed E-state index contributed by atoms with van der Waals surface area (Å²) >= 11 is 0. The minimum atomic E-state index is -4.72. The summed E-state index contributed by atoms with van der Waals surface area (Å²) in [4.78, 5) is 4.07. The van der Waals surface area contributed by atoms with E-state index < -0.39 is 17.6 Å². The maximum absolute atomic E-state index is 14.0. The van der Waals surface area contributed by atoms with Crippen molar-refractivity contribution in [3.05, 3.63) is 53.5 Å². The molecule has 0 saturated heterocycles. The summed E-state index contributed by atoms with van der Waals surface area (Å²) in [6, 6.07) is 6.56. The molecule has 2 atom stereocenters. The molecule has 1 aliphatic rings. The van der Waals surface area contributed by atoms with Crippen molar-refractivity contribution in [2.24, 2.45) is 5.73 Å². The van der Waals surface area contributed by atoms with Gasteiger partial charge in [-0.3, -0.25) is 4.98 Å². The first kappa shape index (κ1) is 16.7. The van der Waals surface area contributed by atoms with Crippen LogP contribution in [0.1, 0.15) is 23.5 Å². The highest BCUT2D eigenvalue weighted by Gasteiger charge is 2.36. The zero-order valence-electron chi connectivity index (χ0n) is 11.3. The second-order valence-corrected chi connectivity index (χ2v) is 5.15. The van der Waals surface area contributed by atoms with Gasteiger partial charge in [-0.25, -0.2) is 4.39 Å². The molecule has 1 saturated carbocycles. The van der Waals surface area contributed by atoms with Gasteiger partial charge in [-0.05, 0) is 30.2 Å². The number of pyridine rings is 1. The molecule has 22 heavy (non-hydrogen) atoms. The molecule has 1 aromatic carbocycles. The van der Waals surface area contributed by atoms with Gasteiger partial charge in [0, 0.05) is 23.7 Å². The monoisotopic (exact) mass is 332 g/mol. The van der Waals surface area contributed by atoms with Gasteiger partial charge in [0.1, 0.15) is 5.82 Å². The maximum atomic E-state index is 14.0. The lowest BCUT2D eigenvalue weighted by atomic mass is 10.0. The summed E-state index contributed by atoms with van der Waals surface area (Å²) < 4.78 is 52.1. The second kappa shape index (κ2) is 5.85. The first-order valence-electron chi connectivity index (χ1n) is 6.45. The molecule has 2 N–H and O–H groups in total. The third-order valence-corrected chi connectivity index (χ3v) is 3.63. The number of nitrogens with two attached hydrogens (primary N) is 1. The lowest BCUT2D eigenvalue weighted by Crippen LogP contribution is -2.09. The molecule has 2 nitrogen and oxygen atoms in total. The third-order valence-electron chi connectivity index (χ3n) is 3.63. The molecule has 0 aliphatic heterocycles. The van der Waals surface area contributed by atoms with Crippen LogP contribution in [0.3, 0.4) is 0 Å². The Kier molecular flexibility index (Phi) is 4.44. The molecule has 1 aromatic heterocycles. The topological polar surface area (TPSA) is 38.9 Å². The predicted octanol–water partition coefficient (Wildman–Crippen LogP) is 4.14. The fourth-order valence-electron chi connectivity index (χ4n) is 2.33. The van der Waals surface area contributed by atoms with Crippen LogP contribution >= 0.6 is 12.4 Å². The number of nitrogens with zero attached hydrogens (tertiary/aromatic N) is 1. The maximum Gasteiger partial charge on any atom is 0.419 e. The van der Waals surface area contributed by atoms with Gasteiger partial charge in [0.25, 0.3) is 0 Å². The highest BCUT2D eigenvalue weighted by atomic mass is 35.5. The first-order valence-corrected chi connectivity index (χ1v) is 6.45. The van der Waals surface area contributed by atoms with Crippen molar-refractivity contribution in [3.8, 4) is 11.3 Å². The van der Waals surface area contributed by atoms with Crippen molar-refractivity contribution in [3.63, 3.8) is 0 Å². The van der Waals surface area contributed by atoms with Crippen LogP contribution in [-0.2, 0) is 6.18 Å². The Balaban J connectivity index is 0.00000176. The van der Waals surface area contributed by atoms with Crippen molar-refractivity contribution in [2.45, 2.75) is 24.6 Å². The molecule has 3 rings (SSSR count). The van der Waals surface area contributed by atoms with Gasteiger partial charge in [0.15, 0.2) is 0 Å². The SMILES string of the molecule is Cl.N[C@H]1C[C@@H]1c1ccc(-c2cccc(C(F)(F)F)c2F)nc1. The van der Waals surface area contributed by atoms with E-state index >= 15 is 0 Å². The lowest BCUT2D eigenvalue weighted by molar-refractivity contribution is -0.139. The fourth-order valence-corrected chi connectivity index (χ4v) is 2.33. The standard InChI is InChI=1S/C15H12F4N2.ClH/c16-14-9(2-1-3-11(14)15(17,18)19)13-5-4-8(7-21-13)10-6-12(10)20;/h1-5,7,10,12H,6,20H2;1H/t10-,12+;/m1./s1. The molecule has 0 amide bonds. The van der Waals surface area contributed by atoms with Crippen LogP contribution < -0.4 is 5.73 Å². The Morgan fingerprint density at radius 1 is 1.14 bits per heavy atom. The predicted molar refractivity (Wildman–Crippen MR) is 77.2 cm³/mol. The first-order chi connectivity index (χ1) is 9.88. The Morgan fingerprint density at radius 3 is 2.32 bits per heavy atom. The molecule has 7 heteroatoms. The normalized spacial score (nSPS) is 20.4. The van der Waals surface area contributed by atoms with Crippen molar-refractivity contribution in [1.29, 1.82) is 0 Å². The van der Waals surface area contributed by atoms with Crippen LogP contribution in [0, 0.1) is 5.82 Å². The molecule has 1 heterocycles. The molecule has 0 unspecified atom stereocenters. The number of halogens is 5. The van der Waals surface area contributed by atoms with Crippen molar-refractivity contribution in [1.82, 2.24) is 4.98 Å². The number of aromatic nitrogens is 1. The molecular weight excluding hydrogens is 320 g/mol. The minimum Gasteiger partial charge on any atom is -0.327 e. The van der Waals surface area contributed by atoms with E-state index in [1.54, 1.807) is 12.3 Å². The van der Waals surface area contributed by atoms with Crippen LogP contribution in [0.25, 0.3) is 11.3 Å². The van der Waals surface area contributed by atoms with Crippen LogP contribution in [0.4, 0.5) is 17.6 Å². The highest BCUT2D eigenvalue weighted by Crippen LogP contribution is 2.39. The minimum absolute atomic E-state index is 0. The summed E-state index contributed by atoms with van der Waals surface area (Å²) in [5.41, 5.74) is 5.40. The van der Waals surface area contributed by atoms with E-state index in [4.69, 9.17) is 5.73 Å². The van der Waals surface area contributed by atoms with Gasteiger partial charge in [-0.1, -0.05) is 12.1 Å². The lowest BCUT2D eigenvalue weighted by Gasteiger charge is -2.11. The Bertz CT molecular complexity index is 670. The number of hydrogen-bond acceptors (Lipinski definition) is 2. The van der Waals surface area contributed by atoms with E-state index in [-0.39, 0.29) is 35.6 Å². The molecular formula is C15H13ClF4N2. The van der Waals surface area contributed by atoms with Crippen LogP contribution in [0.15, 0.2) is 36.5 Å². The molecule has 0 spiro atoms. The van der Waals surface area contributed by atoms with Gasteiger partial charge in [0.05, 0.1) is 11.3 Å². The van der Waals surface area contributed by atoms with E-state index in [1.165, 1.54) is 18.2 Å². The van der Waals surface area contributed by atoms with E-state index in [0.29, 0.717) is 0 Å². The molecule has 0 bridgehead atoms. The van der Waals surface area contributed by atoms with E-state index in [2.05, 4.69) is 4.98 Å². The van der Waals surface area contributed by atoms with Crippen LogP contribution in [-0.4, -0.2) is 11.0 Å². The second-order valence-electron chi connectivity index (χ2n) is 5.15. The summed E-state index contributed by atoms with van der Waals surface area (Å²) in [6.07, 6.45) is -2.30. The average molecular weight is 333 g/mol. The summed E-state index contributed by atoms with van der Waals surface area (Å²) in [5.74, 6) is -1.05. The number of hydrogen-bond donors (Lipinski definition) is 1. The van der Waals surface area contributed by atoms with Gasteiger partial charge in [-0.2, -0.15) is 13.2 Å². The van der Waals surface area contributed by atoms with E-state index in [1.807, 2.05) is 0 Å². The number of benzene rings is 1. The third kappa shape index (κ3) is 3.08. The molecule has 1 fully saturated rings. The van der Waals surface area contributed by atoms with Crippen molar-refractivity contribution in [2.75, 3.05) is 0 Å². The Labute approximate surface area is 130 Å². The van der Waals surface area contributed by atoms with E-state index in [0.717, 1.165) is 18.1 Å². The van der Waals surface area contributed by atoms with Gasteiger partial charge < -0.3 is 5.73 Å².